The van der Waals surface area contributed by atoms with Gasteiger partial charge in [0.15, 0.2) is 0 Å². The maximum Gasteiger partial charge on any atom is 0.311 e. The number of benzene rings is 2. The van der Waals surface area contributed by atoms with Gasteiger partial charge in [-0.25, -0.2) is 0 Å². The summed E-state index contributed by atoms with van der Waals surface area (Å²) in [5.74, 6) is 0.332. The van der Waals surface area contributed by atoms with Gasteiger partial charge in [0.05, 0.1) is 0 Å². The van der Waals surface area contributed by atoms with E-state index in [4.69, 9.17) is 16.3 Å². The van der Waals surface area contributed by atoms with Crippen molar-refractivity contribution in [2.24, 2.45) is 0 Å². The molecular weight excluding hydrogens is 320 g/mol. The normalized spacial score (nSPS) is 11.4. The molecule has 0 saturated carbocycles. The molecule has 0 aliphatic heterocycles. The summed E-state index contributed by atoms with van der Waals surface area (Å²) < 4.78 is 5.43. The van der Waals surface area contributed by atoms with Crippen molar-refractivity contribution in [3.8, 4) is 5.75 Å². The molecule has 24 heavy (non-hydrogen) atoms. The highest BCUT2D eigenvalue weighted by atomic mass is 35.5. The number of carbonyl (C=O) groups is 1. The number of ether oxygens (including phenoxy) is 1. The zero-order valence-electron chi connectivity index (χ0n) is 15.1. The highest BCUT2D eigenvalue weighted by Gasteiger charge is 2.13. The molecule has 3 heteroatoms. The van der Waals surface area contributed by atoms with Gasteiger partial charge in [-0.1, -0.05) is 56.6 Å². The van der Waals surface area contributed by atoms with Gasteiger partial charge in [-0.2, -0.15) is 0 Å². The van der Waals surface area contributed by atoms with Crippen molar-refractivity contribution >= 4 is 17.6 Å². The molecule has 0 aliphatic carbocycles. The topological polar surface area (TPSA) is 26.3 Å². The van der Waals surface area contributed by atoms with Gasteiger partial charge in [0.25, 0.3) is 0 Å². The summed E-state index contributed by atoms with van der Waals surface area (Å²) >= 11 is 6.13. The molecule has 0 atom stereocenters. The van der Waals surface area contributed by atoms with E-state index in [-0.39, 0.29) is 11.4 Å². The molecule has 0 amide bonds. The molecule has 2 nitrogen and oxygen atoms in total. The molecule has 0 fully saturated rings. The molecule has 0 heterocycles. The number of aryl methyl sites for hydroxylation is 3. The summed E-state index contributed by atoms with van der Waals surface area (Å²) in [5.41, 5.74) is 4.40. The fourth-order valence-electron chi connectivity index (χ4n) is 2.57. The molecular formula is C21H25ClO2. The van der Waals surface area contributed by atoms with Crippen molar-refractivity contribution < 1.29 is 9.53 Å². The van der Waals surface area contributed by atoms with Crippen LogP contribution >= 0.6 is 11.6 Å². The average Bonchev–Trinajstić information content (AvgIpc) is 2.50. The van der Waals surface area contributed by atoms with Crippen molar-refractivity contribution in [1.29, 1.82) is 0 Å². The van der Waals surface area contributed by atoms with Crippen LogP contribution in [-0.2, 0) is 16.6 Å². The Labute approximate surface area is 149 Å². The standard InChI is InChI=1S/C21H25ClO2/c1-14-12-18(13-15(2)20(14)22)24-19(23)11-8-16-6-9-17(10-7-16)21(3,4)5/h6-7,9-10,12-13H,8,11H2,1-5H3. The number of halogens is 1. The van der Waals surface area contributed by atoms with Crippen molar-refractivity contribution in [2.75, 3.05) is 0 Å². The fraction of sp³-hybridized carbons (Fsp3) is 0.381. The van der Waals surface area contributed by atoms with Crippen LogP contribution in [0.4, 0.5) is 0 Å². The first kappa shape index (κ1) is 18.5. The van der Waals surface area contributed by atoms with E-state index in [1.807, 2.05) is 13.8 Å². The van der Waals surface area contributed by atoms with Gasteiger partial charge >= 0.3 is 5.97 Å². The Kier molecular flexibility index (Phi) is 5.71. The van der Waals surface area contributed by atoms with Crippen LogP contribution in [0.1, 0.15) is 49.4 Å². The van der Waals surface area contributed by atoms with E-state index in [0.29, 0.717) is 23.6 Å². The molecule has 0 radical (unpaired) electrons. The summed E-state index contributed by atoms with van der Waals surface area (Å²) in [6, 6.07) is 12.0. The van der Waals surface area contributed by atoms with Crippen LogP contribution in [0, 0.1) is 13.8 Å². The first-order valence-corrected chi connectivity index (χ1v) is 8.61. The number of esters is 1. The lowest BCUT2D eigenvalue weighted by atomic mass is 9.86. The summed E-state index contributed by atoms with van der Waals surface area (Å²) in [7, 11) is 0. The molecule has 0 unspecified atom stereocenters. The third-order valence-corrected chi connectivity index (χ3v) is 4.68. The molecule has 128 valence electrons. The number of hydrogen-bond donors (Lipinski definition) is 0. The summed E-state index contributed by atoms with van der Waals surface area (Å²) in [6.07, 6.45) is 1.03. The van der Waals surface area contributed by atoms with Crippen LogP contribution in [0.2, 0.25) is 5.02 Å². The van der Waals surface area contributed by atoms with Gasteiger partial charge in [0.1, 0.15) is 5.75 Å². The van der Waals surface area contributed by atoms with Crippen molar-refractivity contribution in [2.45, 2.75) is 52.9 Å². The van der Waals surface area contributed by atoms with E-state index in [1.165, 1.54) is 5.56 Å². The van der Waals surface area contributed by atoms with E-state index in [2.05, 4.69) is 45.0 Å². The average molecular weight is 345 g/mol. The molecule has 0 aromatic heterocycles. The third kappa shape index (κ3) is 4.85. The Morgan fingerprint density at radius 1 is 1.04 bits per heavy atom. The highest BCUT2D eigenvalue weighted by Crippen LogP contribution is 2.26. The van der Waals surface area contributed by atoms with Crippen LogP contribution < -0.4 is 4.74 Å². The first-order chi connectivity index (χ1) is 11.2. The molecule has 2 aromatic rings. The van der Waals surface area contributed by atoms with E-state index in [1.54, 1.807) is 12.1 Å². The molecule has 2 rings (SSSR count). The van der Waals surface area contributed by atoms with Crippen molar-refractivity contribution in [1.82, 2.24) is 0 Å². The van der Waals surface area contributed by atoms with E-state index in [0.717, 1.165) is 16.7 Å². The van der Waals surface area contributed by atoms with E-state index < -0.39 is 0 Å². The quantitative estimate of drug-likeness (QED) is 0.518. The zero-order valence-corrected chi connectivity index (χ0v) is 15.8. The first-order valence-electron chi connectivity index (χ1n) is 8.23. The lowest BCUT2D eigenvalue weighted by Crippen LogP contribution is -2.11. The van der Waals surface area contributed by atoms with Crippen LogP contribution in [0.5, 0.6) is 5.75 Å². The lowest BCUT2D eigenvalue weighted by molar-refractivity contribution is -0.134. The monoisotopic (exact) mass is 344 g/mol. The minimum atomic E-state index is -0.226. The second kappa shape index (κ2) is 7.40. The Morgan fingerprint density at radius 2 is 1.58 bits per heavy atom. The van der Waals surface area contributed by atoms with Crippen molar-refractivity contribution in [3.05, 3.63) is 63.7 Å². The predicted molar refractivity (Wildman–Crippen MR) is 100 cm³/mol. The maximum absolute atomic E-state index is 12.1. The minimum Gasteiger partial charge on any atom is -0.426 e. The van der Waals surface area contributed by atoms with E-state index >= 15 is 0 Å². The largest absolute Gasteiger partial charge is 0.426 e. The van der Waals surface area contributed by atoms with Gasteiger partial charge in [-0.3, -0.25) is 4.79 Å². The summed E-state index contributed by atoms with van der Waals surface area (Å²) in [6.45, 7) is 10.4. The van der Waals surface area contributed by atoms with Gasteiger partial charge in [0, 0.05) is 11.4 Å². The molecule has 0 bridgehead atoms. The number of rotatable bonds is 4. The Morgan fingerprint density at radius 3 is 2.08 bits per heavy atom. The van der Waals surface area contributed by atoms with Crippen LogP contribution in [0.3, 0.4) is 0 Å². The summed E-state index contributed by atoms with van der Waals surface area (Å²) in [4.78, 5) is 12.1. The van der Waals surface area contributed by atoms with Crippen molar-refractivity contribution in [3.63, 3.8) is 0 Å². The Balaban J connectivity index is 1.94. The molecule has 0 spiro atoms. The Hall–Kier alpha value is -1.80. The second-order valence-electron chi connectivity index (χ2n) is 7.29. The molecule has 0 aliphatic rings. The second-order valence-corrected chi connectivity index (χ2v) is 7.67. The van der Waals surface area contributed by atoms with Gasteiger partial charge < -0.3 is 4.74 Å². The summed E-state index contributed by atoms with van der Waals surface area (Å²) in [5, 5.41) is 0.716. The van der Waals surface area contributed by atoms with Crippen LogP contribution in [0.15, 0.2) is 36.4 Å². The van der Waals surface area contributed by atoms with Gasteiger partial charge in [0.2, 0.25) is 0 Å². The third-order valence-electron chi connectivity index (χ3n) is 4.08. The maximum atomic E-state index is 12.1. The van der Waals surface area contributed by atoms with Crippen LogP contribution in [-0.4, -0.2) is 5.97 Å². The fourth-order valence-corrected chi connectivity index (χ4v) is 2.67. The number of carbonyl (C=O) groups excluding carboxylic acids is 1. The predicted octanol–water partition coefficient (Wildman–Crippen LogP) is 5.79. The number of hydrogen-bond acceptors (Lipinski definition) is 2. The molecule has 2 aromatic carbocycles. The van der Waals surface area contributed by atoms with Crippen LogP contribution in [0.25, 0.3) is 0 Å². The van der Waals surface area contributed by atoms with Gasteiger partial charge in [-0.15, -0.1) is 0 Å². The molecule has 0 saturated heterocycles. The van der Waals surface area contributed by atoms with Gasteiger partial charge in [-0.05, 0) is 60.1 Å². The highest BCUT2D eigenvalue weighted by molar-refractivity contribution is 6.32. The molecule has 0 N–H and O–H groups in total. The smallest absolute Gasteiger partial charge is 0.311 e. The lowest BCUT2D eigenvalue weighted by Gasteiger charge is -2.19. The van der Waals surface area contributed by atoms with E-state index in [9.17, 15) is 4.79 Å². The zero-order chi connectivity index (χ0) is 17.9. The minimum absolute atomic E-state index is 0.141. The SMILES string of the molecule is Cc1cc(OC(=O)CCc2ccc(C(C)(C)C)cc2)cc(C)c1Cl. The Bertz CT molecular complexity index is 701.